The summed E-state index contributed by atoms with van der Waals surface area (Å²) in [6, 6.07) is 8.06. The molecule has 0 saturated carbocycles. The molecule has 1 heterocycles. The molecule has 2 rings (SSSR count). The molecule has 2 amide bonds. The minimum Gasteiger partial charge on any atom is -0.342 e. The monoisotopic (exact) mass is 458 g/mol. The van der Waals surface area contributed by atoms with Gasteiger partial charge in [-0.1, -0.05) is 93.5 Å². The van der Waals surface area contributed by atoms with Gasteiger partial charge in [0.15, 0.2) is 0 Å². The normalized spacial score (nSPS) is 10.8. The van der Waals surface area contributed by atoms with Crippen LogP contribution in [0.5, 0.6) is 0 Å². The maximum atomic E-state index is 12.7. The maximum absolute atomic E-state index is 12.7. The summed E-state index contributed by atoms with van der Waals surface area (Å²) in [5, 5.41) is 12.4. The molecule has 2 aromatic rings. The topological polar surface area (TPSA) is 75.2 Å². The molecule has 0 bridgehead atoms. The zero-order valence-electron chi connectivity index (χ0n) is 19.9. The first-order chi connectivity index (χ1) is 15.5. The van der Waals surface area contributed by atoms with Crippen LogP contribution in [0.4, 0.5) is 5.13 Å². The molecule has 6 nitrogen and oxygen atoms in total. The fourth-order valence-electron chi connectivity index (χ4n) is 3.43. The summed E-state index contributed by atoms with van der Waals surface area (Å²) in [7, 11) is 0. The molecule has 0 saturated heterocycles. The van der Waals surface area contributed by atoms with Crippen molar-refractivity contribution in [2.75, 3.05) is 18.4 Å². The predicted octanol–water partition coefficient (Wildman–Crippen LogP) is 6.22. The molecule has 0 aliphatic carbocycles. The molecule has 0 fully saturated rings. The van der Waals surface area contributed by atoms with Gasteiger partial charge in [-0.15, -0.1) is 10.2 Å². The number of nitrogens with one attached hydrogen (secondary N) is 1. The molecule has 0 aliphatic rings. The number of aromatic nitrogens is 2. The highest BCUT2D eigenvalue weighted by Gasteiger charge is 2.16. The Hall–Kier alpha value is -2.28. The number of hydrogen-bond acceptors (Lipinski definition) is 5. The van der Waals surface area contributed by atoms with E-state index < -0.39 is 0 Å². The van der Waals surface area contributed by atoms with Gasteiger partial charge in [-0.3, -0.25) is 9.59 Å². The summed E-state index contributed by atoms with van der Waals surface area (Å²) in [6.45, 7) is 7.53. The molecule has 1 aromatic carbocycles. The molecular weight excluding hydrogens is 420 g/mol. The lowest BCUT2D eigenvalue weighted by Crippen LogP contribution is -2.34. The van der Waals surface area contributed by atoms with Crippen molar-refractivity contribution in [3.63, 3.8) is 0 Å². The molecule has 1 aromatic heterocycles. The Bertz CT molecular complexity index is 820. The van der Waals surface area contributed by atoms with Gasteiger partial charge in [-0.2, -0.15) is 0 Å². The van der Waals surface area contributed by atoms with Gasteiger partial charge in [0.25, 0.3) is 0 Å². The molecule has 176 valence electrons. The van der Waals surface area contributed by atoms with Crippen LogP contribution in [0.2, 0.25) is 0 Å². The third-order valence-corrected chi connectivity index (χ3v) is 6.34. The number of rotatable bonds is 15. The third kappa shape index (κ3) is 9.47. The lowest BCUT2D eigenvalue weighted by atomic mass is 10.1. The number of aryl methyl sites for hydroxylation is 1. The molecule has 7 heteroatoms. The first-order valence-electron chi connectivity index (χ1n) is 12.0. The van der Waals surface area contributed by atoms with E-state index in [9.17, 15) is 9.59 Å². The molecule has 0 spiro atoms. The number of carbonyl (C=O) groups is 2. The van der Waals surface area contributed by atoms with Gasteiger partial charge in [0.05, 0.1) is 0 Å². The Morgan fingerprint density at radius 3 is 2.28 bits per heavy atom. The smallest absolute Gasteiger partial charge is 0.227 e. The largest absolute Gasteiger partial charge is 0.342 e. The van der Waals surface area contributed by atoms with Gasteiger partial charge < -0.3 is 10.2 Å². The molecule has 0 unspecified atom stereocenters. The first-order valence-corrected chi connectivity index (χ1v) is 12.8. The fraction of sp³-hybridized carbons (Fsp3) is 0.600. The van der Waals surface area contributed by atoms with Crippen LogP contribution in [0.15, 0.2) is 24.3 Å². The molecule has 1 N–H and O–H groups in total. The van der Waals surface area contributed by atoms with Crippen molar-refractivity contribution in [3.8, 4) is 10.6 Å². The number of unbranched alkanes of at least 4 members (excludes halogenated alkanes) is 6. The summed E-state index contributed by atoms with van der Waals surface area (Å²) < 4.78 is 0. The van der Waals surface area contributed by atoms with Crippen LogP contribution in [0.25, 0.3) is 10.6 Å². The number of anilines is 1. The second-order valence-electron chi connectivity index (χ2n) is 8.33. The van der Waals surface area contributed by atoms with Crippen molar-refractivity contribution >= 4 is 28.3 Å². The van der Waals surface area contributed by atoms with Gasteiger partial charge in [0, 0.05) is 31.5 Å². The van der Waals surface area contributed by atoms with E-state index in [2.05, 4.69) is 29.4 Å². The standard InChI is InChI=1S/C25H38N4O2S/c1-4-6-8-9-10-11-12-23(31)29(18-7-5-2)19-17-22(30)26-25-28-27-24(32-25)21-15-13-20(3)14-16-21/h13-16H,4-12,17-19H2,1-3H3,(H,26,28,30). The second kappa shape index (κ2) is 14.7. The van der Waals surface area contributed by atoms with Gasteiger partial charge in [0.2, 0.25) is 16.9 Å². The van der Waals surface area contributed by atoms with Crippen LogP contribution in [0.1, 0.15) is 83.6 Å². The van der Waals surface area contributed by atoms with Gasteiger partial charge >= 0.3 is 0 Å². The van der Waals surface area contributed by atoms with Crippen LogP contribution < -0.4 is 5.32 Å². The van der Waals surface area contributed by atoms with E-state index in [1.165, 1.54) is 42.6 Å². The first kappa shape index (κ1) is 26.0. The maximum Gasteiger partial charge on any atom is 0.227 e. The SMILES string of the molecule is CCCCCCCCC(=O)N(CCCC)CCC(=O)Nc1nnc(-c2ccc(C)cc2)s1. The average Bonchev–Trinajstić information content (AvgIpc) is 3.24. The Labute approximate surface area is 196 Å². The average molecular weight is 459 g/mol. The minimum atomic E-state index is -0.134. The highest BCUT2D eigenvalue weighted by molar-refractivity contribution is 7.18. The highest BCUT2D eigenvalue weighted by atomic mass is 32.1. The zero-order chi connectivity index (χ0) is 23.2. The molecule has 0 aliphatic heterocycles. The van der Waals surface area contributed by atoms with Crippen LogP contribution in [0.3, 0.4) is 0 Å². The van der Waals surface area contributed by atoms with E-state index in [0.717, 1.165) is 42.8 Å². The van der Waals surface area contributed by atoms with Crippen molar-refractivity contribution < 1.29 is 9.59 Å². The van der Waals surface area contributed by atoms with E-state index in [1.54, 1.807) is 0 Å². The van der Waals surface area contributed by atoms with Crippen molar-refractivity contribution in [1.29, 1.82) is 0 Å². The summed E-state index contributed by atoms with van der Waals surface area (Å²) in [5.41, 5.74) is 2.17. The van der Waals surface area contributed by atoms with Crippen LogP contribution in [-0.4, -0.2) is 40.0 Å². The lowest BCUT2D eigenvalue weighted by molar-refractivity contribution is -0.131. The van der Waals surface area contributed by atoms with Crippen LogP contribution >= 0.6 is 11.3 Å². The minimum absolute atomic E-state index is 0.134. The van der Waals surface area contributed by atoms with E-state index in [0.29, 0.717) is 18.1 Å². The van der Waals surface area contributed by atoms with E-state index >= 15 is 0 Å². The number of carbonyl (C=O) groups excluding carboxylic acids is 2. The number of benzene rings is 1. The molecular formula is C25H38N4O2S. The second-order valence-corrected chi connectivity index (χ2v) is 9.31. The Balaban J connectivity index is 1.79. The summed E-state index contributed by atoms with van der Waals surface area (Å²) in [4.78, 5) is 27.0. The van der Waals surface area contributed by atoms with Gasteiger partial charge in [-0.25, -0.2) is 0 Å². The molecule has 0 radical (unpaired) electrons. The van der Waals surface area contributed by atoms with E-state index in [4.69, 9.17) is 0 Å². The molecule has 0 atom stereocenters. The fourth-order valence-corrected chi connectivity index (χ4v) is 4.19. The lowest BCUT2D eigenvalue weighted by Gasteiger charge is -2.22. The van der Waals surface area contributed by atoms with Crippen molar-refractivity contribution in [3.05, 3.63) is 29.8 Å². The van der Waals surface area contributed by atoms with Crippen LogP contribution in [0, 0.1) is 6.92 Å². The summed E-state index contributed by atoms with van der Waals surface area (Å²) in [5.74, 6) is 0.0322. The Morgan fingerprint density at radius 1 is 0.875 bits per heavy atom. The Morgan fingerprint density at radius 2 is 1.56 bits per heavy atom. The van der Waals surface area contributed by atoms with E-state index in [1.807, 2.05) is 36.1 Å². The highest BCUT2D eigenvalue weighted by Crippen LogP contribution is 2.26. The quantitative estimate of drug-likeness (QED) is 0.321. The van der Waals surface area contributed by atoms with Gasteiger partial charge in [-0.05, 0) is 19.8 Å². The zero-order valence-corrected chi connectivity index (χ0v) is 20.7. The predicted molar refractivity (Wildman–Crippen MR) is 133 cm³/mol. The Kier molecular flexibility index (Phi) is 11.9. The number of nitrogens with zero attached hydrogens (tertiary/aromatic N) is 3. The number of amides is 2. The van der Waals surface area contributed by atoms with Crippen molar-refractivity contribution in [1.82, 2.24) is 15.1 Å². The van der Waals surface area contributed by atoms with Crippen LogP contribution in [-0.2, 0) is 9.59 Å². The van der Waals surface area contributed by atoms with E-state index in [-0.39, 0.29) is 18.2 Å². The van der Waals surface area contributed by atoms with Gasteiger partial charge in [0.1, 0.15) is 5.01 Å². The number of hydrogen-bond donors (Lipinski definition) is 1. The van der Waals surface area contributed by atoms with Crippen molar-refractivity contribution in [2.45, 2.75) is 85.0 Å². The van der Waals surface area contributed by atoms with Crippen molar-refractivity contribution in [2.24, 2.45) is 0 Å². The summed E-state index contributed by atoms with van der Waals surface area (Å²) >= 11 is 1.36. The molecule has 32 heavy (non-hydrogen) atoms. The third-order valence-electron chi connectivity index (χ3n) is 5.46. The summed E-state index contributed by atoms with van der Waals surface area (Å²) in [6.07, 6.45) is 9.83.